The van der Waals surface area contributed by atoms with Crippen molar-refractivity contribution < 1.29 is 49.8 Å². The van der Waals surface area contributed by atoms with E-state index in [1.54, 1.807) is 37.6 Å². The summed E-state index contributed by atoms with van der Waals surface area (Å²) in [5.74, 6) is -1.17. The number of phenolic OH excluding ortho intramolecular Hbond substituents is 1. The van der Waals surface area contributed by atoms with Gasteiger partial charge in [0.25, 0.3) is 11.8 Å². The molecule has 0 unspecified atom stereocenters. The number of rotatable bonds is 12. The second-order valence-electron chi connectivity index (χ2n) is 16.3. The number of pyridine rings is 2. The Labute approximate surface area is 406 Å². The maximum atomic E-state index is 13.9. The number of sulfonamides is 2. The van der Waals surface area contributed by atoms with Gasteiger partial charge in [-0.05, 0) is 77.4 Å². The standard InChI is InChI=1S/C28H25ClFN3O5S.C20H17ClFN3O4S/c1-32(39(3,35)36)26-21-5-4-12-31-25(21)27(38-16-17-6-10-20(37-2)11-7-17)24-22(26)15-33(28(24)34)14-18-8-9-19(30)13-23(18)29;1-24(30(2,28)29)18-13-4-3-7-23-17(13)19(26)16-14(18)10-25(20(16)27)9-11-5-6-12(22)8-15(11)21/h4-13H,14-16H2,1-3H3;3-8,26H,9-10H2,1-2H3. The first kappa shape index (κ1) is 48.6. The number of carbonyl (C=O) groups excluding carboxylic acids is 2. The molecular weight excluding hydrogens is 978 g/mol. The molecule has 0 saturated heterocycles. The zero-order chi connectivity index (χ0) is 49.7. The number of aromatic hydroxyl groups is 1. The molecule has 1 N–H and O–H groups in total. The summed E-state index contributed by atoms with van der Waals surface area (Å²) in [4.78, 5) is 38.6. The average Bonchev–Trinajstić information content (AvgIpc) is 3.81. The Kier molecular flexibility index (Phi) is 13.4. The molecule has 69 heavy (non-hydrogen) atoms. The molecule has 0 radical (unpaired) electrons. The number of aromatic nitrogens is 2. The summed E-state index contributed by atoms with van der Waals surface area (Å²) < 4.78 is 90.6. The molecule has 0 fully saturated rings. The minimum absolute atomic E-state index is 0.00457. The van der Waals surface area contributed by atoms with Gasteiger partial charge in [0.1, 0.15) is 35.0 Å². The van der Waals surface area contributed by atoms with E-state index in [4.69, 9.17) is 32.7 Å². The van der Waals surface area contributed by atoms with E-state index in [0.29, 0.717) is 50.0 Å². The van der Waals surface area contributed by atoms with Crippen LogP contribution in [0.4, 0.5) is 20.2 Å². The Balaban J connectivity index is 0.000000192. The number of amides is 2. The Morgan fingerprint density at radius 2 is 1.16 bits per heavy atom. The molecular formula is C48H42Cl2F2N6O9S2. The van der Waals surface area contributed by atoms with Crippen molar-refractivity contribution in [2.24, 2.45) is 0 Å². The molecule has 15 nitrogen and oxygen atoms in total. The van der Waals surface area contributed by atoms with Crippen LogP contribution >= 0.6 is 23.2 Å². The number of halogens is 4. The number of hydrogen-bond acceptors (Lipinski definition) is 11. The summed E-state index contributed by atoms with van der Waals surface area (Å²) in [7, 11) is -2.93. The molecule has 21 heteroatoms. The van der Waals surface area contributed by atoms with E-state index < -0.39 is 37.6 Å². The molecule has 0 atom stereocenters. The second-order valence-corrected chi connectivity index (χ2v) is 21.1. The van der Waals surface area contributed by atoms with Crippen molar-refractivity contribution in [2.75, 3.05) is 42.3 Å². The number of methoxy groups -OCH3 is 1. The molecule has 2 aromatic heterocycles. The molecule has 2 aliphatic heterocycles. The van der Waals surface area contributed by atoms with Crippen molar-refractivity contribution in [3.05, 3.63) is 158 Å². The third kappa shape index (κ3) is 9.51. The van der Waals surface area contributed by atoms with Crippen LogP contribution in [0, 0.1) is 11.6 Å². The van der Waals surface area contributed by atoms with Crippen LogP contribution in [0.5, 0.6) is 17.2 Å². The van der Waals surface area contributed by atoms with Crippen LogP contribution in [-0.4, -0.2) is 87.2 Å². The predicted octanol–water partition coefficient (Wildman–Crippen LogP) is 8.45. The second kappa shape index (κ2) is 18.9. The average molecular weight is 1020 g/mol. The first-order valence-corrected chi connectivity index (χ1v) is 25.3. The van der Waals surface area contributed by atoms with Crippen LogP contribution in [0.15, 0.2) is 97.3 Å². The van der Waals surface area contributed by atoms with E-state index in [0.717, 1.165) is 32.8 Å². The first-order chi connectivity index (χ1) is 32.7. The zero-order valence-corrected chi connectivity index (χ0v) is 40.6. The van der Waals surface area contributed by atoms with Gasteiger partial charge >= 0.3 is 0 Å². The lowest BCUT2D eigenvalue weighted by atomic mass is 10.0. The lowest BCUT2D eigenvalue weighted by molar-refractivity contribution is 0.0756. The summed E-state index contributed by atoms with van der Waals surface area (Å²) in [5.41, 5.74) is 4.18. The fourth-order valence-corrected chi connectivity index (χ4v) is 9.82. The molecule has 0 saturated carbocycles. The van der Waals surface area contributed by atoms with E-state index in [-0.39, 0.29) is 82.6 Å². The van der Waals surface area contributed by atoms with Gasteiger partial charge in [0, 0.05) is 84.6 Å². The third-order valence-electron chi connectivity index (χ3n) is 11.8. The van der Waals surface area contributed by atoms with Gasteiger partial charge in [-0.1, -0.05) is 47.5 Å². The molecule has 0 aliphatic carbocycles. The highest BCUT2D eigenvalue weighted by molar-refractivity contribution is 7.92. The van der Waals surface area contributed by atoms with Gasteiger partial charge in [-0.25, -0.2) is 25.6 Å². The Morgan fingerprint density at radius 3 is 1.64 bits per heavy atom. The molecule has 358 valence electrons. The minimum Gasteiger partial charge on any atom is -0.505 e. The highest BCUT2D eigenvalue weighted by Crippen LogP contribution is 2.47. The molecule has 5 aromatic carbocycles. The monoisotopic (exact) mass is 1020 g/mol. The van der Waals surface area contributed by atoms with Crippen LogP contribution in [-0.2, 0) is 52.8 Å². The van der Waals surface area contributed by atoms with Crippen LogP contribution in [0.3, 0.4) is 0 Å². The van der Waals surface area contributed by atoms with Crippen molar-refractivity contribution >= 4 is 88.2 Å². The van der Waals surface area contributed by atoms with Crippen LogP contribution in [0.1, 0.15) is 48.5 Å². The van der Waals surface area contributed by atoms with Gasteiger partial charge in [0.2, 0.25) is 20.0 Å². The van der Waals surface area contributed by atoms with Crippen molar-refractivity contribution in [3.8, 4) is 17.2 Å². The third-order valence-corrected chi connectivity index (χ3v) is 14.9. The van der Waals surface area contributed by atoms with E-state index >= 15 is 0 Å². The molecule has 0 spiro atoms. The number of nitrogens with zero attached hydrogens (tertiary/aromatic N) is 6. The van der Waals surface area contributed by atoms with E-state index in [1.165, 1.54) is 60.4 Å². The number of phenols is 1. The van der Waals surface area contributed by atoms with Gasteiger partial charge in [-0.2, -0.15) is 0 Å². The highest BCUT2D eigenvalue weighted by atomic mass is 35.5. The van der Waals surface area contributed by atoms with Crippen LogP contribution in [0.25, 0.3) is 21.8 Å². The van der Waals surface area contributed by atoms with Crippen LogP contribution in [0.2, 0.25) is 10.0 Å². The quantitative estimate of drug-likeness (QED) is 0.124. The molecule has 4 heterocycles. The largest absolute Gasteiger partial charge is 0.505 e. The normalized spacial score (nSPS) is 13.3. The summed E-state index contributed by atoms with van der Waals surface area (Å²) >= 11 is 12.4. The zero-order valence-electron chi connectivity index (χ0n) is 37.5. The first-order valence-electron chi connectivity index (χ1n) is 20.8. The van der Waals surface area contributed by atoms with Gasteiger partial charge in [0.05, 0.1) is 42.1 Å². The van der Waals surface area contributed by atoms with Gasteiger partial charge in [-0.15, -0.1) is 0 Å². The van der Waals surface area contributed by atoms with Gasteiger partial charge in [0.15, 0.2) is 11.5 Å². The number of ether oxygens (including phenoxy) is 2. The van der Waals surface area contributed by atoms with E-state index in [9.17, 15) is 40.3 Å². The summed E-state index contributed by atoms with van der Waals surface area (Å²) in [6.07, 6.45) is 5.17. The van der Waals surface area contributed by atoms with Gasteiger partial charge < -0.3 is 24.4 Å². The number of fused-ring (bicyclic) bond motifs is 4. The van der Waals surface area contributed by atoms with Crippen molar-refractivity contribution in [1.29, 1.82) is 0 Å². The van der Waals surface area contributed by atoms with Gasteiger partial charge in [-0.3, -0.25) is 28.2 Å². The van der Waals surface area contributed by atoms with Crippen LogP contribution < -0.4 is 18.1 Å². The molecule has 2 amide bonds. The lowest BCUT2D eigenvalue weighted by Crippen LogP contribution is -2.26. The maximum Gasteiger partial charge on any atom is 0.258 e. The van der Waals surface area contributed by atoms with Crippen molar-refractivity contribution in [3.63, 3.8) is 0 Å². The summed E-state index contributed by atoms with van der Waals surface area (Å²) in [6.45, 7) is 0.449. The molecule has 9 rings (SSSR count). The Hall–Kier alpha value is -6.80. The summed E-state index contributed by atoms with van der Waals surface area (Å²) in [5, 5.41) is 12.1. The van der Waals surface area contributed by atoms with Crippen molar-refractivity contribution in [2.45, 2.75) is 32.8 Å². The Bertz CT molecular complexity index is 3460. The van der Waals surface area contributed by atoms with E-state index in [2.05, 4.69) is 9.97 Å². The summed E-state index contributed by atoms with van der Waals surface area (Å²) in [6, 6.07) is 21.9. The minimum atomic E-state index is -3.69. The Morgan fingerprint density at radius 1 is 0.696 bits per heavy atom. The van der Waals surface area contributed by atoms with E-state index in [1.807, 2.05) is 24.3 Å². The predicted molar refractivity (Wildman–Crippen MR) is 259 cm³/mol. The number of anilines is 2. The fourth-order valence-electron chi connectivity index (χ4n) is 8.28. The molecule has 2 aliphatic rings. The molecule has 7 aromatic rings. The molecule has 0 bridgehead atoms. The smallest absolute Gasteiger partial charge is 0.258 e. The number of hydrogen-bond donors (Lipinski definition) is 1. The fraction of sp³-hybridized carbons (Fsp3) is 0.208. The number of carbonyl (C=O) groups is 2. The SMILES string of the molecule is CN(c1c2c(c(O)c3ncccc13)C(=O)N(Cc1ccc(F)cc1Cl)C2)S(C)(=O)=O.COc1ccc(COc2c3c(c(N(C)S(C)(=O)=O)c4cccnc24)CN(Cc2ccc(F)cc2Cl)C3=O)cc1. The highest BCUT2D eigenvalue weighted by Gasteiger charge is 2.39. The topological polar surface area (TPSA) is 180 Å². The maximum absolute atomic E-state index is 13.9. The number of benzene rings is 5. The lowest BCUT2D eigenvalue weighted by Gasteiger charge is -2.23. The van der Waals surface area contributed by atoms with Crippen molar-refractivity contribution in [1.82, 2.24) is 19.8 Å².